The second kappa shape index (κ2) is 5.44. The summed E-state index contributed by atoms with van der Waals surface area (Å²) in [5.74, 6) is 0. The van der Waals surface area contributed by atoms with Gasteiger partial charge in [-0.3, -0.25) is 0 Å². The highest BCUT2D eigenvalue weighted by Gasteiger charge is 2.17. The monoisotopic (exact) mass is 250 g/mol. The molecule has 0 radical (unpaired) electrons. The molecule has 0 atom stereocenters. The molecule has 0 heterocycles. The van der Waals surface area contributed by atoms with Crippen molar-refractivity contribution in [2.45, 2.75) is 32.6 Å². The molecule has 0 spiro atoms. The zero-order valence-corrected chi connectivity index (χ0v) is 12.1. The van der Waals surface area contributed by atoms with Crippen LogP contribution < -0.4 is 0 Å². The lowest BCUT2D eigenvalue weighted by Crippen LogP contribution is -2.15. The van der Waals surface area contributed by atoms with E-state index in [1.165, 1.54) is 16.7 Å². The molecule has 98 valence electrons. The molecule has 19 heavy (non-hydrogen) atoms. The van der Waals surface area contributed by atoms with E-state index in [1.807, 2.05) is 6.07 Å². The van der Waals surface area contributed by atoms with Crippen molar-refractivity contribution in [1.29, 1.82) is 0 Å². The Morgan fingerprint density at radius 2 is 1.42 bits per heavy atom. The molecule has 2 aromatic rings. The Labute approximate surface area is 116 Å². The molecule has 0 nitrogen and oxygen atoms in total. The minimum absolute atomic E-state index is 0.243. The van der Waals surface area contributed by atoms with Gasteiger partial charge in [-0.2, -0.15) is 0 Å². The Morgan fingerprint density at radius 3 is 1.95 bits per heavy atom. The third kappa shape index (κ3) is 2.96. The van der Waals surface area contributed by atoms with Crippen molar-refractivity contribution in [3.63, 3.8) is 0 Å². The Bertz CT molecular complexity index is 544. The highest BCUT2D eigenvalue weighted by Crippen LogP contribution is 2.29. The van der Waals surface area contributed by atoms with Crippen molar-refractivity contribution in [3.8, 4) is 0 Å². The second-order valence-corrected chi connectivity index (χ2v) is 5.66. The van der Waals surface area contributed by atoms with Crippen LogP contribution in [0.4, 0.5) is 0 Å². The van der Waals surface area contributed by atoms with Crippen LogP contribution in [0.3, 0.4) is 0 Å². The van der Waals surface area contributed by atoms with Gasteiger partial charge >= 0.3 is 0 Å². The Kier molecular flexibility index (Phi) is 3.90. The lowest BCUT2D eigenvalue weighted by molar-refractivity contribution is 0.506. The molecule has 0 N–H and O–H groups in total. The zero-order chi connectivity index (χ0) is 13.9. The molecule has 0 aromatic heterocycles. The fourth-order valence-corrected chi connectivity index (χ4v) is 2.13. The van der Waals surface area contributed by atoms with Gasteiger partial charge in [-0.15, -0.1) is 0 Å². The molecule has 0 heteroatoms. The largest absolute Gasteiger partial charge is 0.0906 e. The molecular formula is C19H22. The maximum atomic E-state index is 4.21. The van der Waals surface area contributed by atoms with Crippen LogP contribution in [-0.4, -0.2) is 0 Å². The highest BCUT2D eigenvalue weighted by atomic mass is 14.2. The molecular weight excluding hydrogens is 228 g/mol. The van der Waals surface area contributed by atoms with Gasteiger partial charge < -0.3 is 0 Å². The standard InChI is InChI=1S/C19H22/c1-5-19(3,4)18-13-11-17(12-14-18)15(2)16-9-7-6-8-10-16/h6-14H,2,5H2,1,3-4H3. The molecule has 0 aliphatic rings. The van der Waals surface area contributed by atoms with Crippen LogP contribution in [0.15, 0.2) is 61.2 Å². The topological polar surface area (TPSA) is 0 Å². The van der Waals surface area contributed by atoms with Crippen LogP contribution >= 0.6 is 0 Å². The second-order valence-electron chi connectivity index (χ2n) is 5.66. The number of benzene rings is 2. The van der Waals surface area contributed by atoms with Gasteiger partial charge in [-0.05, 0) is 34.1 Å². The van der Waals surface area contributed by atoms with Crippen molar-refractivity contribution in [1.82, 2.24) is 0 Å². The smallest absolute Gasteiger partial charge is 0.0106 e. The van der Waals surface area contributed by atoms with E-state index >= 15 is 0 Å². The van der Waals surface area contributed by atoms with Crippen LogP contribution in [0.2, 0.25) is 0 Å². The Hall–Kier alpha value is -1.82. The van der Waals surface area contributed by atoms with Crippen molar-refractivity contribution < 1.29 is 0 Å². The fraction of sp³-hybridized carbons (Fsp3) is 0.263. The number of rotatable bonds is 4. The quantitative estimate of drug-likeness (QED) is 0.678. The summed E-state index contributed by atoms with van der Waals surface area (Å²) >= 11 is 0. The van der Waals surface area contributed by atoms with Gasteiger partial charge in [0.2, 0.25) is 0 Å². The van der Waals surface area contributed by atoms with E-state index in [0.29, 0.717) is 0 Å². The summed E-state index contributed by atoms with van der Waals surface area (Å²) in [6, 6.07) is 19.2. The molecule has 0 saturated carbocycles. The van der Waals surface area contributed by atoms with Gasteiger partial charge in [0, 0.05) is 0 Å². The summed E-state index contributed by atoms with van der Waals surface area (Å²) in [5, 5.41) is 0. The first-order chi connectivity index (χ1) is 9.04. The van der Waals surface area contributed by atoms with Gasteiger partial charge in [0.1, 0.15) is 0 Å². The normalized spacial score (nSPS) is 11.3. The summed E-state index contributed by atoms with van der Waals surface area (Å²) in [6.07, 6.45) is 1.14. The first-order valence-corrected chi connectivity index (χ1v) is 6.90. The van der Waals surface area contributed by atoms with E-state index in [1.54, 1.807) is 0 Å². The Balaban J connectivity index is 2.27. The number of hydrogen-bond acceptors (Lipinski definition) is 0. The molecule has 2 rings (SSSR count). The molecule has 0 saturated heterocycles. The molecule has 0 aliphatic carbocycles. The summed E-state index contributed by atoms with van der Waals surface area (Å²) in [4.78, 5) is 0. The van der Waals surface area contributed by atoms with E-state index in [2.05, 4.69) is 75.9 Å². The first kappa shape index (κ1) is 13.6. The summed E-state index contributed by atoms with van der Waals surface area (Å²) < 4.78 is 0. The number of hydrogen-bond donors (Lipinski definition) is 0. The average molecular weight is 250 g/mol. The van der Waals surface area contributed by atoms with Crippen molar-refractivity contribution in [2.75, 3.05) is 0 Å². The van der Waals surface area contributed by atoms with Gasteiger partial charge in [0.15, 0.2) is 0 Å². The predicted molar refractivity (Wildman–Crippen MR) is 84.3 cm³/mol. The molecule has 0 aliphatic heterocycles. The summed E-state index contributed by atoms with van der Waals surface area (Å²) in [5.41, 5.74) is 5.10. The molecule has 0 bridgehead atoms. The third-order valence-corrected chi connectivity index (χ3v) is 4.02. The van der Waals surface area contributed by atoms with Gasteiger partial charge in [0.25, 0.3) is 0 Å². The van der Waals surface area contributed by atoms with Crippen LogP contribution in [0.25, 0.3) is 5.57 Å². The maximum absolute atomic E-state index is 4.21. The molecule has 0 unspecified atom stereocenters. The van der Waals surface area contributed by atoms with Gasteiger partial charge in [-0.25, -0.2) is 0 Å². The summed E-state index contributed by atoms with van der Waals surface area (Å²) in [7, 11) is 0. The van der Waals surface area contributed by atoms with E-state index in [0.717, 1.165) is 12.0 Å². The van der Waals surface area contributed by atoms with Crippen molar-refractivity contribution in [2.24, 2.45) is 0 Å². The minimum atomic E-state index is 0.243. The van der Waals surface area contributed by atoms with Crippen LogP contribution in [-0.2, 0) is 5.41 Å². The average Bonchev–Trinajstić information content (AvgIpc) is 2.47. The SMILES string of the molecule is C=C(c1ccccc1)c1ccc(C(C)(C)CC)cc1. The van der Waals surface area contributed by atoms with Crippen LogP contribution in [0, 0.1) is 0 Å². The van der Waals surface area contributed by atoms with Crippen molar-refractivity contribution >= 4 is 5.57 Å². The Morgan fingerprint density at radius 1 is 0.895 bits per heavy atom. The highest BCUT2D eigenvalue weighted by molar-refractivity contribution is 5.78. The molecule has 2 aromatic carbocycles. The van der Waals surface area contributed by atoms with E-state index in [4.69, 9.17) is 0 Å². The van der Waals surface area contributed by atoms with Gasteiger partial charge in [0.05, 0.1) is 0 Å². The first-order valence-electron chi connectivity index (χ1n) is 6.90. The van der Waals surface area contributed by atoms with E-state index in [9.17, 15) is 0 Å². The lowest BCUT2D eigenvalue weighted by atomic mass is 9.81. The zero-order valence-electron chi connectivity index (χ0n) is 12.1. The fourth-order valence-electron chi connectivity index (χ4n) is 2.13. The lowest BCUT2D eigenvalue weighted by Gasteiger charge is -2.23. The van der Waals surface area contributed by atoms with Crippen molar-refractivity contribution in [3.05, 3.63) is 77.9 Å². The molecule has 0 fully saturated rings. The van der Waals surface area contributed by atoms with E-state index < -0.39 is 0 Å². The van der Waals surface area contributed by atoms with Crippen LogP contribution in [0.5, 0.6) is 0 Å². The van der Waals surface area contributed by atoms with Crippen LogP contribution in [0.1, 0.15) is 43.9 Å². The van der Waals surface area contributed by atoms with E-state index in [-0.39, 0.29) is 5.41 Å². The maximum Gasteiger partial charge on any atom is -0.0106 e. The predicted octanol–water partition coefficient (Wildman–Crippen LogP) is 5.44. The molecule has 0 amide bonds. The van der Waals surface area contributed by atoms with Gasteiger partial charge in [-0.1, -0.05) is 81.9 Å². The minimum Gasteiger partial charge on any atom is -0.0906 e. The third-order valence-electron chi connectivity index (χ3n) is 4.02. The summed E-state index contributed by atoms with van der Waals surface area (Å²) in [6.45, 7) is 11.0.